The SMILES string of the molecule is N#CC(c1cccc(Br)c1)C1CCNC1. The summed E-state index contributed by atoms with van der Waals surface area (Å²) in [6.45, 7) is 2.00. The second-order valence-corrected chi connectivity index (χ2v) is 4.83. The molecule has 0 bridgehead atoms. The standard InChI is InChI=1S/C12H13BrN2/c13-11-3-1-2-9(6-11)12(7-14)10-4-5-15-8-10/h1-3,6,10,12,15H,4-5,8H2. The summed E-state index contributed by atoms with van der Waals surface area (Å²) in [6.07, 6.45) is 1.10. The van der Waals surface area contributed by atoms with Crippen molar-refractivity contribution in [3.8, 4) is 6.07 Å². The molecule has 2 rings (SSSR count). The summed E-state index contributed by atoms with van der Waals surface area (Å²) < 4.78 is 1.05. The molecule has 0 aliphatic carbocycles. The molecule has 3 heteroatoms. The lowest BCUT2D eigenvalue weighted by Crippen LogP contribution is -2.15. The van der Waals surface area contributed by atoms with E-state index >= 15 is 0 Å². The van der Waals surface area contributed by atoms with Crippen molar-refractivity contribution in [2.45, 2.75) is 12.3 Å². The van der Waals surface area contributed by atoms with Gasteiger partial charge in [-0.1, -0.05) is 28.1 Å². The maximum absolute atomic E-state index is 9.24. The van der Waals surface area contributed by atoms with Crippen LogP contribution < -0.4 is 5.32 Å². The van der Waals surface area contributed by atoms with Gasteiger partial charge in [-0.05, 0) is 43.1 Å². The normalized spacial score (nSPS) is 22.3. The monoisotopic (exact) mass is 264 g/mol. The number of rotatable bonds is 2. The largest absolute Gasteiger partial charge is 0.316 e. The van der Waals surface area contributed by atoms with E-state index in [1.807, 2.05) is 24.3 Å². The Morgan fingerprint density at radius 3 is 3.00 bits per heavy atom. The molecule has 15 heavy (non-hydrogen) atoms. The summed E-state index contributed by atoms with van der Waals surface area (Å²) in [6, 6.07) is 10.5. The molecule has 0 aromatic heterocycles. The molecule has 2 atom stereocenters. The first-order valence-electron chi connectivity index (χ1n) is 5.17. The molecule has 78 valence electrons. The van der Waals surface area contributed by atoms with E-state index in [1.54, 1.807) is 0 Å². The van der Waals surface area contributed by atoms with E-state index < -0.39 is 0 Å². The zero-order chi connectivity index (χ0) is 10.7. The minimum atomic E-state index is 0.0255. The van der Waals surface area contributed by atoms with Crippen LogP contribution in [0.15, 0.2) is 28.7 Å². The zero-order valence-corrected chi connectivity index (χ0v) is 10.00. The molecule has 1 N–H and O–H groups in total. The van der Waals surface area contributed by atoms with Gasteiger partial charge in [0.25, 0.3) is 0 Å². The van der Waals surface area contributed by atoms with Crippen LogP contribution in [0, 0.1) is 17.2 Å². The molecule has 0 amide bonds. The molecule has 1 saturated heterocycles. The van der Waals surface area contributed by atoms with E-state index in [9.17, 15) is 5.26 Å². The van der Waals surface area contributed by atoms with Crippen molar-refractivity contribution in [1.82, 2.24) is 5.32 Å². The first kappa shape index (κ1) is 10.7. The average Bonchev–Trinajstić information content (AvgIpc) is 2.72. The fourth-order valence-corrected chi connectivity index (χ4v) is 2.53. The topological polar surface area (TPSA) is 35.8 Å². The fraction of sp³-hybridized carbons (Fsp3) is 0.417. The van der Waals surface area contributed by atoms with Gasteiger partial charge in [-0.15, -0.1) is 0 Å². The Morgan fingerprint density at radius 1 is 1.53 bits per heavy atom. The number of benzene rings is 1. The maximum atomic E-state index is 9.24. The number of nitrogens with one attached hydrogen (secondary N) is 1. The molecule has 0 radical (unpaired) electrons. The fourth-order valence-electron chi connectivity index (χ4n) is 2.11. The Balaban J connectivity index is 2.23. The van der Waals surface area contributed by atoms with Crippen LogP contribution in [0.1, 0.15) is 17.9 Å². The Kier molecular flexibility index (Phi) is 3.40. The molecule has 1 fully saturated rings. The molecule has 0 saturated carbocycles. The van der Waals surface area contributed by atoms with Gasteiger partial charge in [-0.25, -0.2) is 0 Å². The summed E-state index contributed by atoms with van der Waals surface area (Å²) in [4.78, 5) is 0. The molecule has 2 unspecified atom stereocenters. The zero-order valence-electron chi connectivity index (χ0n) is 8.41. The van der Waals surface area contributed by atoms with Crippen molar-refractivity contribution in [2.75, 3.05) is 13.1 Å². The lowest BCUT2D eigenvalue weighted by atomic mass is 9.87. The predicted octanol–water partition coefficient (Wildman–Crippen LogP) is 2.67. The van der Waals surface area contributed by atoms with Gasteiger partial charge in [0.05, 0.1) is 12.0 Å². The summed E-state index contributed by atoms with van der Waals surface area (Å²) in [7, 11) is 0. The van der Waals surface area contributed by atoms with Crippen molar-refractivity contribution < 1.29 is 0 Å². The minimum absolute atomic E-state index is 0.0255. The Morgan fingerprint density at radius 2 is 2.40 bits per heavy atom. The highest BCUT2D eigenvalue weighted by atomic mass is 79.9. The number of hydrogen-bond donors (Lipinski definition) is 1. The van der Waals surface area contributed by atoms with Gasteiger partial charge in [-0.3, -0.25) is 0 Å². The number of halogens is 1. The molecule has 1 aromatic carbocycles. The van der Waals surface area contributed by atoms with Crippen LogP contribution in [0.25, 0.3) is 0 Å². The smallest absolute Gasteiger partial charge is 0.0753 e. The van der Waals surface area contributed by atoms with Crippen LogP contribution in [0.3, 0.4) is 0 Å². The third-order valence-electron chi connectivity index (χ3n) is 2.92. The molecular weight excluding hydrogens is 252 g/mol. The van der Waals surface area contributed by atoms with Crippen molar-refractivity contribution in [3.63, 3.8) is 0 Å². The molecule has 0 spiro atoms. The van der Waals surface area contributed by atoms with E-state index in [0.29, 0.717) is 5.92 Å². The highest BCUT2D eigenvalue weighted by Crippen LogP contribution is 2.29. The van der Waals surface area contributed by atoms with Crippen LogP contribution in [-0.4, -0.2) is 13.1 Å². The van der Waals surface area contributed by atoms with Crippen molar-refractivity contribution in [1.29, 1.82) is 5.26 Å². The van der Waals surface area contributed by atoms with Crippen molar-refractivity contribution >= 4 is 15.9 Å². The third-order valence-corrected chi connectivity index (χ3v) is 3.41. The van der Waals surface area contributed by atoms with E-state index in [2.05, 4.69) is 27.3 Å². The van der Waals surface area contributed by atoms with Gasteiger partial charge in [-0.2, -0.15) is 5.26 Å². The minimum Gasteiger partial charge on any atom is -0.316 e. The van der Waals surface area contributed by atoms with E-state index in [4.69, 9.17) is 0 Å². The van der Waals surface area contributed by atoms with Gasteiger partial charge in [0.1, 0.15) is 0 Å². The van der Waals surface area contributed by atoms with Crippen LogP contribution in [0.4, 0.5) is 0 Å². The second-order valence-electron chi connectivity index (χ2n) is 3.91. The third kappa shape index (κ3) is 2.39. The van der Waals surface area contributed by atoms with Crippen molar-refractivity contribution in [2.24, 2.45) is 5.92 Å². The predicted molar refractivity (Wildman–Crippen MR) is 63.5 cm³/mol. The Bertz CT molecular complexity index is 377. The quantitative estimate of drug-likeness (QED) is 0.892. The molecule has 1 aliphatic heterocycles. The number of hydrogen-bond acceptors (Lipinski definition) is 2. The van der Waals surface area contributed by atoms with Gasteiger partial charge < -0.3 is 5.32 Å². The van der Waals surface area contributed by atoms with Crippen molar-refractivity contribution in [3.05, 3.63) is 34.3 Å². The van der Waals surface area contributed by atoms with Gasteiger partial charge in [0.15, 0.2) is 0 Å². The van der Waals surface area contributed by atoms with Crippen LogP contribution in [0.5, 0.6) is 0 Å². The molecule has 1 aliphatic rings. The molecule has 2 nitrogen and oxygen atoms in total. The van der Waals surface area contributed by atoms with Crippen LogP contribution in [-0.2, 0) is 0 Å². The average molecular weight is 265 g/mol. The second kappa shape index (κ2) is 4.78. The Hall–Kier alpha value is -0.850. The first-order valence-corrected chi connectivity index (χ1v) is 5.96. The van der Waals surface area contributed by atoms with E-state index in [1.165, 1.54) is 0 Å². The van der Waals surface area contributed by atoms with E-state index in [-0.39, 0.29) is 5.92 Å². The lowest BCUT2D eigenvalue weighted by molar-refractivity contribution is 0.531. The van der Waals surface area contributed by atoms with Crippen LogP contribution >= 0.6 is 15.9 Å². The lowest BCUT2D eigenvalue weighted by Gasteiger charge is -2.16. The van der Waals surface area contributed by atoms with Crippen LogP contribution in [0.2, 0.25) is 0 Å². The molecule has 1 heterocycles. The van der Waals surface area contributed by atoms with Gasteiger partial charge >= 0.3 is 0 Å². The van der Waals surface area contributed by atoms with Gasteiger partial charge in [0.2, 0.25) is 0 Å². The van der Waals surface area contributed by atoms with Gasteiger partial charge in [0, 0.05) is 4.47 Å². The Labute approximate surface area is 98.4 Å². The maximum Gasteiger partial charge on any atom is 0.0753 e. The number of nitrogens with zero attached hydrogens (tertiary/aromatic N) is 1. The highest BCUT2D eigenvalue weighted by Gasteiger charge is 2.25. The van der Waals surface area contributed by atoms with E-state index in [0.717, 1.165) is 29.5 Å². The number of nitriles is 1. The first-order chi connectivity index (χ1) is 7.31. The molecular formula is C12H13BrN2. The summed E-state index contributed by atoms with van der Waals surface area (Å²) in [5.41, 5.74) is 1.13. The summed E-state index contributed by atoms with van der Waals surface area (Å²) in [5.74, 6) is 0.488. The molecule has 1 aromatic rings. The highest BCUT2D eigenvalue weighted by molar-refractivity contribution is 9.10. The summed E-state index contributed by atoms with van der Waals surface area (Å²) >= 11 is 3.44. The summed E-state index contributed by atoms with van der Waals surface area (Å²) in [5, 5.41) is 12.5.